The molecule has 0 radical (unpaired) electrons. The molecule has 0 saturated carbocycles. The topological polar surface area (TPSA) is 43.7 Å². The van der Waals surface area contributed by atoms with Crippen LogP contribution >= 0.6 is 0 Å². The monoisotopic (exact) mass is 318 g/mol. The van der Waals surface area contributed by atoms with Crippen molar-refractivity contribution >= 4 is 11.9 Å². The molecule has 0 bridgehead atoms. The summed E-state index contributed by atoms with van der Waals surface area (Å²) in [5.74, 6) is 1.39. The molecular weight excluding hydrogens is 300 g/mol. The molecule has 0 fully saturated rings. The van der Waals surface area contributed by atoms with Gasteiger partial charge >= 0.3 is 0 Å². The molecule has 120 valence electrons. The number of methoxy groups -OCH3 is 1. The highest BCUT2D eigenvalue weighted by molar-refractivity contribution is 5.83. The molecule has 0 aliphatic rings. The first-order valence-corrected chi connectivity index (χ1v) is 7.64. The standard InChI is InChI=1S/C20H18N2O2/c1-23-20-12-17(13-22-18-8-5-11-21-14-18)9-10-19(20)24-15-16-6-3-2-4-7-16/h2-14H,15H2,1H3. The quantitative estimate of drug-likeness (QED) is 0.632. The summed E-state index contributed by atoms with van der Waals surface area (Å²) in [6.45, 7) is 0.500. The summed E-state index contributed by atoms with van der Waals surface area (Å²) in [5.41, 5.74) is 2.85. The lowest BCUT2D eigenvalue weighted by Gasteiger charge is -2.11. The summed E-state index contributed by atoms with van der Waals surface area (Å²) < 4.78 is 11.3. The van der Waals surface area contributed by atoms with E-state index in [1.807, 2.05) is 60.7 Å². The zero-order chi connectivity index (χ0) is 16.6. The molecule has 0 amide bonds. The minimum atomic E-state index is 0.500. The number of ether oxygens (including phenoxy) is 2. The fourth-order valence-corrected chi connectivity index (χ4v) is 2.20. The van der Waals surface area contributed by atoms with Crippen molar-refractivity contribution < 1.29 is 9.47 Å². The van der Waals surface area contributed by atoms with Crippen LogP contribution in [0.1, 0.15) is 11.1 Å². The molecule has 4 nitrogen and oxygen atoms in total. The lowest BCUT2D eigenvalue weighted by molar-refractivity contribution is 0.284. The number of hydrogen-bond donors (Lipinski definition) is 0. The lowest BCUT2D eigenvalue weighted by atomic mass is 10.2. The van der Waals surface area contributed by atoms with Crippen LogP contribution in [0.5, 0.6) is 11.5 Å². The van der Waals surface area contributed by atoms with E-state index < -0.39 is 0 Å². The van der Waals surface area contributed by atoms with E-state index in [9.17, 15) is 0 Å². The second-order valence-corrected chi connectivity index (χ2v) is 5.15. The molecule has 2 aromatic carbocycles. The van der Waals surface area contributed by atoms with E-state index in [2.05, 4.69) is 9.98 Å². The van der Waals surface area contributed by atoms with Gasteiger partial charge in [-0.3, -0.25) is 9.98 Å². The molecule has 24 heavy (non-hydrogen) atoms. The van der Waals surface area contributed by atoms with Crippen molar-refractivity contribution in [1.29, 1.82) is 0 Å². The van der Waals surface area contributed by atoms with Gasteiger partial charge in [0.1, 0.15) is 6.61 Å². The molecule has 0 aliphatic carbocycles. The predicted molar refractivity (Wildman–Crippen MR) is 95.3 cm³/mol. The fraction of sp³-hybridized carbons (Fsp3) is 0.100. The summed E-state index contributed by atoms with van der Waals surface area (Å²) >= 11 is 0. The molecule has 0 N–H and O–H groups in total. The Morgan fingerprint density at radius 2 is 1.88 bits per heavy atom. The van der Waals surface area contributed by atoms with Crippen LogP contribution in [0.3, 0.4) is 0 Å². The second kappa shape index (κ2) is 7.92. The van der Waals surface area contributed by atoms with Gasteiger partial charge in [0.2, 0.25) is 0 Å². The Kier molecular flexibility index (Phi) is 5.20. The molecule has 0 spiro atoms. The first-order chi connectivity index (χ1) is 11.8. The van der Waals surface area contributed by atoms with Crippen LogP contribution in [-0.2, 0) is 6.61 Å². The van der Waals surface area contributed by atoms with Crippen molar-refractivity contribution in [1.82, 2.24) is 4.98 Å². The summed E-state index contributed by atoms with van der Waals surface area (Å²) in [6, 6.07) is 19.5. The maximum atomic E-state index is 5.85. The minimum absolute atomic E-state index is 0.500. The molecule has 1 aromatic heterocycles. The van der Waals surface area contributed by atoms with Gasteiger partial charge < -0.3 is 9.47 Å². The first-order valence-electron chi connectivity index (χ1n) is 7.64. The summed E-state index contributed by atoms with van der Waals surface area (Å²) in [5, 5.41) is 0. The van der Waals surface area contributed by atoms with E-state index in [0.717, 1.165) is 16.8 Å². The van der Waals surface area contributed by atoms with Crippen LogP contribution in [0.25, 0.3) is 0 Å². The van der Waals surface area contributed by atoms with Crippen molar-refractivity contribution in [3.63, 3.8) is 0 Å². The number of rotatable bonds is 6. The maximum absolute atomic E-state index is 5.85. The fourth-order valence-electron chi connectivity index (χ4n) is 2.20. The van der Waals surface area contributed by atoms with E-state index in [1.165, 1.54) is 0 Å². The number of pyridine rings is 1. The Bertz CT molecular complexity index is 802. The number of aromatic nitrogens is 1. The smallest absolute Gasteiger partial charge is 0.161 e. The third-order valence-corrected chi connectivity index (χ3v) is 3.43. The molecule has 0 saturated heterocycles. The Labute approximate surface area is 141 Å². The average molecular weight is 318 g/mol. The number of benzene rings is 2. The number of hydrogen-bond acceptors (Lipinski definition) is 4. The van der Waals surface area contributed by atoms with Crippen molar-refractivity contribution in [2.75, 3.05) is 7.11 Å². The van der Waals surface area contributed by atoms with Crippen LogP contribution in [0.15, 0.2) is 78.0 Å². The molecule has 3 aromatic rings. The van der Waals surface area contributed by atoms with Gasteiger partial charge in [-0.2, -0.15) is 0 Å². The lowest BCUT2D eigenvalue weighted by Crippen LogP contribution is -1.98. The van der Waals surface area contributed by atoms with Gasteiger partial charge in [-0.05, 0) is 41.5 Å². The third kappa shape index (κ3) is 4.20. The third-order valence-electron chi connectivity index (χ3n) is 3.43. The van der Waals surface area contributed by atoms with Crippen molar-refractivity contribution in [2.24, 2.45) is 4.99 Å². The Morgan fingerprint density at radius 3 is 2.62 bits per heavy atom. The van der Waals surface area contributed by atoms with Gasteiger partial charge in [-0.1, -0.05) is 30.3 Å². The zero-order valence-electron chi connectivity index (χ0n) is 13.4. The SMILES string of the molecule is COc1cc(C=Nc2cccnc2)ccc1OCc1ccccc1. The van der Waals surface area contributed by atoms with E-state index in [0.29, 0.717) is 18.1 Å². The molecular formula is C20H18N2O2. The molecule has 1 heterocycles. The van der Waals surface area contributed by atoms with E-state index in [1.54, 1.807) is 25.7 Å². The second-order valence-electron chi connectivity index (χ2n) is 5.15. The van der Waals surface area contributed by atoms with Crippen LogP contribution in [0, 0.1) is 0 Å². The highest BCUT2D eigenvalue weighted by Crippen LogP contribution is 2.28. The molecule has 0 aliphatic heterocycles. The number of nitrogens with zero attached hydrogens (tertiary/aromatic N) is 2. The van der Waals surface area contributed by atoms with Crippen molar-refractivity contribution in [3.05, 3.63) is 84.2 Å². The van der Waals surface area contributed by atoms with Gasteiger partial charge in [0, 0.05) is 12.4 Å². The normalized spacial score (nSPS) is 10.7. The largest absolute Gasteiger partial charge is 0.493 e. The minimum Gasteiger partial charge on any atom is -0.493 e. The van der Waals surface area contributed by atoms with Crippen LogP contribution in [0.4, 0.5) is 5.69 Å². The Morgan fingerprint density at radius 1 is 1.00 bits per heavy atom. The highest BCUT2D eigenvalue weighted by atomic mass is 16.5. The van der Waals surface area contributed by atoms with Gasteiger partial charge in [-0.25, -0.2) is 0 Å². The van der Waals surface area contributed by atoms with Gasteiger partial charge in [0.15, 0.2) is 11.5 Å². The van der Waals surface area contributed by atoms with E-state index in [4.69, 9.17) is 9.47 Å². The molecule has 3 rings (SSSR count). The Balaban J connectivity index is 1.72. The first kappa shape index (κ1) is 15.7. The van der Waals surface area contributed by atoms with Crippen LogP contribution < -0.4 is 9.47 Å². The van der Waals surface area contributed by atoms with Gasteiger partial charge in [-0.15, -0.1) is 0 Å². The number of aliphatic imine (C=N–C) groups is 1. The van der Waals surface area contributed by atoms with Crippen molar-refractivity contribution in [2.45, 2.75) is 6.61 Å². The van der Waals surface area contributed by atoms with Gasteiger partial charge in [0.05, 0.1) is 19.0 Å². The zero-order valence-corrected chi connectivity index (χ0v) is 13.4. The van der Waals surface area contributed by atoms with Crippen LogP contribution in [0.2, 0.25) is 0 Å². The highest BCUT2D eigenvalue weighted by Gasteiger charge is 2.05. The maximum Gasteiger partial charge on any atom is 0.161 e. The van der Waals surface area contributed by atoms with E-state index >= 15 is 0 Å². The Hall–Kier alpha value is -3.14. The molecule has 0 unspecified atom stereocenters. The van der Waals surface area contributed by atoms with Gasteiger partial charge in [0.25, 0.3) is 0 Å². The van der Waals surface area contributed by atoms with Crippen molar-refractivity contribution in [3.8, 4) is 11.5 Å². The summed E-state index contributed by atoms with van der Waals surface area (Å²) in [7, 11) is 1.63. The molecule has 0 atom stereocenters. The predicted octanol–water partition coefficient (Wildman–Crippen LogP) is 4.42. The summed E-state index contributed by atoms with van der Waals surface area (Å²) in [6.07, 6.45) is 5.21. The average Bonchev–Trinajstić information content (AvgIpc) is 2.66. The molecule has 4 heteroatoms. The van der Waals surface area contributed by atoms with E-state index in [-0.39, 0.29) is 0 Å². The van der Waals surface area contributed by atoms with Crippen LogP contribution in [-0.4, -0.2) is 18.3 Å². The summed E-state index contributed by atoms with van der Waals surface area (Å²) in [4.78, 5) is 8.43.